The second-order valence-corrected chi connectivity index (χ2v) is 5.98. The molecule has 9 nitrogen and oxygen atoms in total. The fourth-order valence-electron chi connectivity index (χ4n) is 2.64. The number of likely N-dealkylation sites (N-methyl/N-ethyl adjacent to an activating group) is 1. The van der Waals surface area contributed by atoms with Crippen LogP contribution in [0.25, 0.3) is 0 Å². The molecule has 2 aromatic rings. The van der Waals surface area contributed by atoms with Gasteiger partial charge in [-0.3, -0.25) is 24.3 Å². The molecule has 0 radical (unpaired) electrons. The molecule has 0 spiro atoms. The van der Waals surface area contributed by atoms with Crippen LogP contribution >= 0.6 is 0 Å². The van der Waals surface area contributed by atoms with Gasteiger partial charge in [-0.2, -0.15) is 10.2 Å². The van der Waals surface area contributed by atoms with E-state index in [1.165, 1.54) is 10.9 Å². The Labute approximate surface area is 140 Å². The number of aryl methyl sites for hydroxylation is 3. The first kappa shape index (κ1) is 17.6. The summed E-state index contributed by atoms with van der Waals surface area (Å²) in [6.45, 7) is 7.52. The maximum atomic E-state index is 12.6. The van der Waals surface area contributed by atoms with Gasteiger partial charge in [0.2, 0.25) is 5.91 Å². The van der Waals surface area contributed by atoms with Crippen LogP contribution in [-0.2, 0) is 18.4 Å². The summed E-state index contributed by atoms with van der Waals surface area (Å²) in [4.78, 5) is 24.7. The molecular formula is C15H22N6O3. The number of rotatable bonds is 5. The Morgan fingerprint density at radius 2 is 1.96 bits per heavy atom. The summed E-state index contributed by atoms with van der Waals surface area (Å²) in [5.74, 6) is -0.171. The maximum Gasteiger partial charge on any atom is 0.309 e. The quantitative estimate of drug-likeness (QED) is 0.612. The molecule has 0 fully saturated rings. The van der Waals surface area contributed by atoms with Crippen molar-refractivity contribution in [1.82, 2.24) is 24.5 Å². The Morgan fingerprint density at radius 3 is 2.42 bits per heavy atom. The lowest BCUT2D eigenvalue weighted by Crippen LogP contribution is -2.33. The number of carbonyl (C=O) groups is 1. The molecule has 0 saturated heterocycles. The Balaban J connectivity index is 2.18. The van der Waals surface area contributed by atoms with Crippen molar-refractivity contribution in [3.05, 3.63) is 39.0 Å². The molecule has 9 heteroatoms. The number of hydrogen-bond donors (Lipinski definition) is 0. The van der Waals surface area contributed by atoms with E-state index in [9.17, 15) is 14.9 Å². The first-order valence-electron chi connectivity index (χ1n) is 7.57. The summed E-state index contributed by atoms with van der Waals surface area (Å²) >= 11 is 0. The van der Waals surface area contributed by atoms with Crippen molar-refractivity contribution in [3.8, 4) is 0 Å². The molecule has 2 aromatic heterocycles. The molecule has 0 aliphatic rings. The summed E-state index contributed by atoms with van der Waals surface area (Å²) in [5.41, 5.74) is 3.10. The third-order valence-corrected chi connectivity index (χ3v) is 4.27. The number of amides is 1. The van der Waals surface area contributed by atoms with E-state index in [4.69, 9.17) is 0 Å². The number of aromatic nitrogens is 4. The number of nitro groups is 1. The van der Waals surface area contributed by atoms with Gasteiger partial charge in [-0.1, -0.05) is 0 Å². The lowest BCUT2D eigenvalue weighted by molar-refractivity contribution is -0.385. The zero-order valence-corrected chi connectivity index (χ0v) is 14.8. The van der Waals surface area contributed by atoms with Crippen LogP contribution in [0.15, 0.2) is 6.20 Å². The van der Waals surface area contributed by atoms with E-state index in [1.807, 2.05) is 20.9 Å². The molecule has 130 valence electrons. The summed E-state index contributed by atoms with van der Waals surface area (Å²) in [5, 5.41) is 19.4. The average Bonchev–Trinajstić information content (AvgIpc) is 3.01. The van der Waals surface area contributed by atoms with Crippen LogP contribution in [0.4, 0.5) is 5.69 Å². The minimum atomic E-state index is -0.625. The van der Waals surface area contributed by atoms with Crippen molar-refractivity contribution < 1.29 is 9.72 Å². The van der Waals surface area contributed by atoms with Crippen molar-refractivity contribution in [2.24, 2.45) is 7.05 Å². The first-order valence-corrected chi connectivity index (χ1v) is 7.57. The van der Waals surface area contributed by atoms with Crippen LogP contribution in [0.3, 0.4) is 0 Å². The monoisotopic (exact) mass is 334 g/mol. The fourth-order valence-corrected chi connectivity index (χ4v) is 2.64. The smallest absolute Gasteiger partial charge is 0.309 e. The minimum absolute atomic E-state index is 0.0868. The molecular weight excluding hydrogens is 312 g/mol. The summed E-state index contributed by atoms with van der Waals surface area (Å²) in [6, 6.07) is -0.625. The van der Waals surface area contributed by atoms with Crippen LogP contribution in [0.2, 0.25) is 0 Å². The molecule has 0 aliphatic carbocycles. The van der Waals surface area contributed by atoms with Crippen LogP contribution in [0, 0.1) is 30.9 Å². The van der Waals surface area contributed by atoms with Crippen LogP contribution in [0.1, 0.15) is 35.6 Å². The first-order chi connectivity index (χ1) is 11.1. The van der Waals surface area contributed by atoms with E-state index >= 15 is 0 Å². The Bertz CT molecular complexity index is 791. The van der Waals surface area contributed by atoms with Gasteiger partial charge in [-0.05, 0) is 27.7 Å². The summed E-state index contributed by atoms with van der Waals surface area (Å²) in [7, 11) is 3.57. The second kappa shape index (κ2) is 6.42. The van der Waals surface area contributed by atoms with Gasteiger partial charge in [0.1, 0.15) is 17.9 Å². The van der Waals surface area contributed by atoms with Crippen molar-refractivity contribution in [3.63, 3.8) is 0 Å². The van der Waals surface area contributed by atoms with Gasteiger partial charge < -0.3 is 4.90 Å². The van der Waals surface area contributed by atoms with Gasteiger partial charge in [0.15, 0.2) is 0 Å². The molecule has 0 bridgehead atoms. The lowest BCUT2D eigenvalue weighted by atomic mass is 10.1. The third kappa shape index (κ3) is 3.15. The highest BCUT2D eigenvalue weighted by Gasteiger charge is 2.25. The average molecular weight is 334 g/mol. The number of hydrogen-bond acceptors (Lipinski definition) is 5. The standard InChI is InChI=1S/C15H22N6O3/c1-9-13(11(3)19(6)16-9)7-18(5)15(22)12(4)20-8-14(21(23)24)10(2)17-20/h8,12H,7H2,1-6H3/t12-/m1/s1. The van der Waals surface area contributed by atoms with Crippen molar-refractivity contribution in [2.45, 2.75) is 40.3 Å². The van der Waals surface area contributed by atoms with E-state index in [0.717, 1.165) is 17.0 Å². The van der Waals surface area contributed by atoms with Gasteiger partial charge in [0, 0.05) is 31.9 Å². The zero-order valence-electron chi connectivity index (χ0n) is 14.8. The van der Waals surface area contributed by atoms with Crippen molar-refractivity contribution >= 4 is 11.6 Å². The molecule has 0 N–H and O–H groups in total. The van der Waals surface area contributed by atoms with Crippen LogP contribution in [0.5, 0.6) is 0 Å². The van der Waals surface area contributed by atoms with E-state index in [-0.39, 0.29) is 11.6 Å². The molecule has 0 aliphatic heterocycles. The zero-order chi connectivity index (χ0) is 18.2. The Hall–Kier alpha value is -2.71. The molecule has 24 heavy (non-hydrogen) atoms. The second-order valence-electron chi connectivity index (χ2n) is 5.98. The Morgan fingerprint density at radius 1 is 1.33 bits per heavy atom. The number of carbonyl (C=O) groups excluding carboxylic acids is 1. The van der Waals surface area contributed by atoms with Gasteiger partial charge in [-0.15, -0.1) is 0 Å². The van der Waals surface area contributed by atoms with E-state index in [1.54, 1.807) is 30.5 Å². The van der Waals surface area contributed by atoms with E-state index in [0.29, 0.717) is 12.2 Å². The molecule has 2 rings (SSSR count). The van der Waals surface area contributed by atoms with Crippen LogP contribution < -0.4 is 0 Å². The number of nitrogens with zero attached hydrogens (tertiary/aromatic N) is 6. The minimum Gasteiger partial charge on any atom is -0.339 e. The highest BCUT2D eigenvalue weighted by atomic mass is 16.6. The van der Waals surface area contributed by atoms with E-state index < -0.39 is 11.0 Å². The molecule has 1 amide bonds. The van der Waals surface area contributed by atoms with Gasteiger partial charge in [-0.25, -0.2) is 0 Å². The predicted octanol–water partition coefficient (Wildman–Crippen LogP) is 1.67. The van der Waals surface area contributed by atoms with Crippen LogP contribution in [-0.4, -0.2) is 42.3 Å². The van der Waals surface area contributed by atoms with Crippen molar-refractivity contribution in [1.29, 1.82) is 0 Å². The van der Waals surface area contributed by atoms with Gasteiger partial charge in [0.25, 0.3) is 0 Å². The van der Waals surface area contributed by atoms with Gasteiger partial charge >= 0.3 is 5.69 Å². The summed E-state index contributed by atoms with van der Waals surface area (Å²) in [6.07, 6.45) is 1.30. The predicted molar refractivity (Wildman–Crippen MR) is 87.5 cm³/mol. The topological polar surface area (TPSA) is 99.1 Å². The molecule has 0 saturated carbocycles. The Kier molecular flexibility index (Phi) is 4.72. The van der Waals surface area contributed by atoms with Gasteiger partial charge in [0.05, 0.1) is 10.6 Å². The summed E-state index contributed by atoms with van der Waals surface area (Å²) < 4.78 is 3.13. The third-order valence-electron chi connectivity index (χ3n) is 4.27. The highest BCUT2D eigenvalue weighted by molar-refractivity contribution is 5.79. The fraction of sp³-hybridized carbons (Fsp3) is 0.533. The molecule has 0 unspecified atom stereocenters. The SMILES string of the molecule is Cc1nn([C@H](C)C(=O)N(C)Cc2c(C)nn(C)c2C)cc1[N+](=O)[O-]. The molecule has 2 heterocycles. The van der Waals surface area contributed by atoms with E-state index in [2.05, 4.69) is 10.2 Å². The molecule has 0 aromatic carbocycles. The highest BCUT2D eigenvalue weighted by Crippen LogP contribution is 2.20. The lowest BCUT2D eigenvalue weighted by Gasteiger charge is -2.21. The van der Waals surface area contributed by atoms with Crippen molar-refractivity contribution in [2.75, 3.05) is 7.05 Å². The normalized spacial score (nSPS) is 12.2. The maximum absolute atomic E-state index is 12.6. The molecule has 1 atom stereocenters. The largest absolute Gasteiger partial charge is 0.339 e.